The Balaban J connectivity index is 1.89. The first-order valence-corrected chi connectivity index (χ1v) is 8.15. The van der Waals surface area contributed by atoms with Crippen LogP contribution < -0.4 is 5.32 Å². The van der Waals surface area contributed by atoms with E-state index >= 15 is 0 Å². The minimum absolute atomic E-state index is 0.149. The summed E-state index contributed by atoms with van der Waals surface area (Å²) in [4.78, 5) is 1.26. The number of thioether (sulfide) groups is 1. The van der Waals surface area contributed by atoms with Crippen LogP contribution in [0.1, 0.15) is 38.0 Å². The first-order chi connectivity index (χ1) is 9.85. The molecule has 0 radical (unpaired) electrons. The molecule has 4 nitrogen and oxygen atoms in total. The van der Waals surface area contributed by atoms with E-state index in [2.05, 4.69) is 60.6 Å². The summed E-state index contributed by atoms with van der Waals surface area (Å²) in [6, 6.07) is 8.72. The maximum absolute atomic E-state index is 4.19. The molecule has 0 unspecified atom stereocenters. The lowest BCUT2D eigenvalue weighted by molar-refractivity contribution is 0.424. The van der Waals surface area contributed by atoms with Crippen LogP contribution in [-0.2, 0) is 19.3 Å². The van der Waals surface area contributed by atoms with Crippen molar-refractivity contribution in [2.45, 2.75) is 50.4 Å². The highest BCUT2D eigenvalue weighted by Crippen LogP contribution is 2.22. The molecule has 21 heavy (non-hydrogen) atoms. The van der Waals surface area contributed by atoms with Crippen molar-refractivity contribution in [2.75, 3.05) is 0 Å². The SMILES string of the molecule is Cc1nnc(CSc2ccc(CNC(C)(C)C)cc2)n1C. The molecule has 1 aromatic heterocycles. The molecule has 0 spiro atoms. The van der Waals surface area contributed by atoms with Gasteiger partial charge in [0.25, 0.3) is 0 Å². The maximum atomic E-state index is 4.19. The molecule has 1 N–H and O–H groups in total. The molecule has 0 aliphatic rings. The molecule has 0 saturated carbocycles. The molecule has 0 saturated heterocycles. The van der Waals surface area contributed by atoms with Gasteiger partial charge in [-0.05, 0) is 45.4 Å². The van der Waals surface area contributed by atoms with Gasteiger partial charge < -0.3 is 9.88 Å². The largest absolute Gasteiger partial charge is 0.318 e. The quantitative estimate of drug-likeness (QED) is 0.861. The van der Waals surface area contributed by atoms with Crippen molar-refractivity contribution in [1.82, 2.24) is 20.1 Å². The summed E-state index contributed by atoms with van der Waals surface area (Å²) in [7, 11) is 2.01. The topological polar surface area (TPSA) is 42.7 Å². The first kappa shape index (κ1) is 16.0. The summed E-state index contributed by atoms with van der Waals surface area (Å²) in [5, 5.41) is 11.8. The Labute approximate surface area is 131 Å². The third-order valence-corrected chi connectivity index (χ3v) is 4.30. The molecule has 114 valence electrons. The molecule has 0 aliphatic heterocycles. The smallest absolute Gasteiger partial charge is 0.143 e. The Hall–Kier alpha value is -1.33. The van der Waals surface area contributed by atoms with Crippen LogP contribution in [0.3, 0.4) is 0 Å². The van der Waals surface area contributed by atoms with Gasteiger partial charge in [-0.1, -0.05) is 12.1 Å². The minimum Gasteiger partial charge on any atom is -0.318 e. The van der Waals surface area contributed by atoms with Crippen molar-refractivity contribution in [3.05, 3.63) is 41.5 Å². The number of hydrogen-bond donors (Lipinski definition) is 1. The molecule has 2 aromatic rings. The molecule has 0 aliphatic carbocycles. The summed E-state index contributed by atoms with van der Waals surface area (Å²) in [5.74, 6) is 2.81. The molecule has 2 rings (SSSR count). The van der Waals surface area contributed by atoms with E-state index < -0.39 is 0 Å². The fourth-order valence-electron chi connectivity index (χ4n) is 1.80. The predicted octanol–water partition coefficient (Wildman–Crippen LogP) is 3.30. The standard InChI is InChI=1S/C16H24N4S/c1-12-18-19-15(20(12)5)11-21-14-8-6-13(7-9-14)10-17-16(2,3)4/h6-9,17H,10-11H2,1-5H3. The fraction of sp³-hybridized carbons (Fsp3) is 0.500. The van der Waals surface area contributed by atoms with Gasteiger partial charge in [0.15, 0.2) is 0 Å². The Morgan fingerprint density at radius 2 is 1.81 bits per heavy atom. The summed E-state index contributed by atoms with van der Waals surface area (Å²) < 4.78 is 2.04. The van der Waals surface area contributed by atoms with E-state index in [1.165, 1.54) is 10.5 Å². The van der Waals surface area contributed by atoms with Crippen LogP contribution in [0.25, 0.3) is 0 Å². The molecule has 1 aromatic carbocycles. The number of rotatable bonds is 5. The molecule has 0 bridgehead atoms. The number of nitrogens with one attached hydrogen (secondary N) is 1. The van der Waals surface area contributed by atoms with E-state index in [9.17, 15) is 0 Å². The summed E-state index contributed by atoms with van der Waals surface area (Å²) in [6.45, 7) is 9.41. The highest BCUT2D eigenvalue weighted by Gasteiger charge is 2.08. The summed E-state index contributed by atoms with van der Waals surface area (Å²) in [6.07, 6.45) is 0. The molecule has 1 heterocycles. The van der Waals surface area contributed by atoms with Crippen molar-refractivity contribution in [3.63, 3.8) is 0 Å². The van der Waals surface area contributed by atoms with Crippen LogP contribution in [0.4, 0.5) is 0 Å². The molecule has 0 fully saturated rings. The van der Waals surface area contributed by atoms with E-state index in [4.69, 9.17) is 0 Å². The van der Waals surface area contributed by atoms with Crippen molar-refractivity contribution < 1.29 is 0 Å². The lowest BCUT2D eigenvalue weighted by Crippen LogP contribution is -2.35. The lowest BCUT2D eigenvalue weighted by atomic mass is 10.1. The van der Waals surface area contributed by atoms with Gasteiger partial charge >= 0.3 is 0 Å². The molecule has 0 amide bonds. The Morgan fingerprint density at radius 3 is 2.33 bits per heavy atom. The normalized spacial score (nSPS) is 11.9. The van der Waals surface area contributed by atoms with Gasteiger partial charge in [0.2, 0.25) is 0 Å². The van der Waals surface area contributed by atoms with Gasteiger partial charge in [-0.15, -0.1) is 22.0 Å². The van der Waals surface area contributed by atoms with Crippen LogP contribution in [-0.4, -0.2) is 20.3 Å². The van der Waals surface area contributed by atoms with Gasteiger partial charge in [0.05, 0.1) is 5.75 Å². The zero-order chi connectivity index (χ0) is 15.5. The second-order valence-corrected chi connectivity index (χ2v) is 7.31. The van der Waals surface area contributed by atoms with Gasteiger partial charge in [-0.3, -0.25) is 0 Å². The molecular formula is C16H24N4S. The van der Waals surface area contributed by atoms with Crippen LogP contribution in [0.2, 0.25) is 0 Å². The average molecular weight is 304 g/mol. The predicted molar refractivity (Wildman–Crippen MR) is 88.3 cm³/mol. The number of benzene rings is 1. The second kappa shape index (κ2) is 6.62. The van der Waals surface area contributed by atoms with E-state index in [0.717, 1.165) is 23.9 Å². The van der Waals surface area contributed by atoms with Gasteiger partial charge in [0, 0.05) is 24.0 Å². The Morgan fingerprint density at radius 1 is 1.14 bits per heavy atom. The first-order valence-electron chi connectivity index (χ1n) is 7.17. The van der Waals surface area contributed by atoms with Crippen molar-refractivity contribution >= 4 is 11.8 Å². The van der Waals surface area contributed by atoms with Gasteiger partial charge in [-0.2, -0.15) is 0 Å². The third kappa shape index (κ3) is 4.86. The number of aromatic nitrogens is 3. The van der Waals surface area contributed by atoms with E-state index in [1.807, 2.05) is 18.5 Å². The fourth-order valence-corrected chi connectivity index (χ4v) is 2.67. The van der Waals surface area contributed by atoms with E-state index in [1.54, 1.807) is 11.8 Å². The number of nitrogens with zero attached hydrogens (tertiary/aromatic N) is 3. The third-order valence-electron chi connectivity index (χ3n) is 3.30. The van der Waals surface area contributed by atoms with E-state index in [-0.39, 0.29) is 5.54 Å². The van der Waals surface area contributed by atoms with Crippen molar-refractivity contribution in [1.29, 1.82) is 0 Å². The minimum atomic E-state index is 0.149. The van der Waals surface area contributed by atoms with Crippen molar-refractivity contribution in [3.8, 4) is 0 Å². The zero-order valence-corrected chi connectivity index (χ0v) is 14.3. The second-order valence-electron chi connectivity index (χ2n) is 6.26. The average Bonchev–Trinajstić information content (AvgIpc) is 2.75. The highest BCUT2D eigenvalue weighted by atomic mass is 32.2. The van der Waals surface area contributed by atoms with Gasteiger partial charge in [-0.25, -0.2) is 0 Å². The maximum Gasteiger partial charge on any atom is 0.143 e. The van der Waals surface area contributed by atoms with Crippen LogP contribution in [0, 0.1) is 6.92 Å². The van der Waals surface area contributed by atoms with Gasteiger partial charge in [0.1, 0.15) is 11.6 Å². The molecule has 0 atom stereocenters. The number of hydrogen-bond acceptors (Lipinski definition) is 4. The molecule has 5 heteroatoms. The highest BCUT2D eigenvalue weighted by molar-refractivity contribution is 7.98. The monoisotopic (exact) mass is 304 g/mol. The van der Waals surface area contributed by atoms with Crippen LogP contribution in [0.5, 0.6) is 0 Å². The summed E-state index contributed by atoms with van der Waals surface area (Å²) >= 11 is 1.79. The molecular weight excluding hydrogens is 280 g/mol. The van der Waals surface area contributed by atoms with Crippen molar-refractivity contribution in [2.24, 2.45) is 7.05 Å². The Bertz CT molecular complexity index is 581. The van der Waals surface area contributed by atoms with E-state index in [0.29, 0.717) is 0 Å². The summed E-state index contributed by atoms with van der Waals surface area (Å²) in [5.41, 5.74) is 1.46. The number of aryl methyl sites for hydroxylation is 1. The van der Waals surface area contributed by atoms with Crippen LogP contribution >= 0.6 is 11.8 Å². The zero-order valence-electron chi connectivity index (χ0n) is 13.5. The Kier molecular flexibility index (Phi) is 5.06. The van der Waals surface area contributed by atoms with Crippen LogP contribution in [0.15, 0.2) is 29.2 Å². The lowest BCUT2D eigenvalue weighted by Gasteiger charge is -2.20.